The summed E-state index contributed by atoms with van der Waals surface area (Å²) in [5, 5.41) is 0.924. The van der Waals surface area contributed by atoms with Crippen molar-refractivity contribution in [2.45, 2.75) is 26.1 Å². The Bertz CT molecular complexity index is 964. The Morgan fingerprint density at radius 2 is 1.68 bits per heavy atom. The number of rotatable bonds is 6. The minimum absolute atomic E-state index is 0.0175. The second-order valence-electron chi connectivity index (χ2n) is 5.91. The van der Waals surface area contributed by atoms with Crippen molar-refractivity contribution in [2.24, 2.45) is 0 Å². The van der Waals surface area contributed by atoms with E-state index in [9.17, 15) is 8.42 Å². The summed E-state index contributed by atoms with van der Waals surface area (Å²) in [6, 6.07) is 17.3. The lowest BCUT2D eigenvalue weighted by molar-refractivity contribution is 0.581. The SMILES string of the molecule is Cc1ccccc1-c1nc(C)c(CNS(=O)(=O)Cc2ccccc2)s1. The number of hydrogen-bond acceptors (Lipinski definition) is 4. The summed E-state index contributed by atoms with van der Waals surface area (Å²) < 4.78 is 27.3. The first kappa shape index (κ1) is 17.8. The molecule has 1 heterocycles. The van der Waals surface area contributed by atoms with E-state index < -0.39 is 10.0 Å². The Morgan fingerprint density at radius 3 is 2.40 bits per heavy atom. The van der Waals surface area contributed by atoms with Gasteiger partial charge in [0.05, 0.1) is 11.4 Å². The van der Waals surface area contributed by atoms with Gasteiger partial charge in [-0.2, -0.15) is 0 Å². The highest BCUT2D eigenvalue weighted by Gasteiger charge is 2.15. The van der Waals surface area contributed by atoms with Crippen LogP contribution in [-0.2, 0) is 22.3 Å². The maximum Gasteiger partial charge on any atom is 0.216 e. The van der Waals surface area contributed by atoms with Crippen molar-refractivity contribution in [1.29, 1.82) is 0 Å². The smallest absolute Gasteiger partial charge is 0.216 e. The minimum atomic E-state index is -3.38. The molecule has 0 fully saturated rings. The van der Waals surface area contributed by atoms with Crippen LogP contribution in [0.15, 0.2) is 54.6 Å². The molecule has 4 nitrogen and oxygen atoms in total. The van der Waals surface area contributed by atoms with E-state index >= 15 is 0 Å². The van der Waals surface area contributed by atoms with Crippen LogP contribution in [0.3, 0.4) is 0 Å². The quantitative estimate of drug-likeness (QED) is 0.710. The van der Waals surface area contributed by atoms with Crippen LogP contribution in [-0.4, -0.2) is 13.4 Å². The van der Waals surface area contributed by atoms with Gasteiger partial charge in [-0.3, -0.25) is 0 Å². The number of aromatic nitrogens is 1. The number of thiazole rings is 1. The molecule has 0 amide bonds. The number of aryl methyl sites for hydroxylation is 2. The van der Waals surface area contributed by atoms with Gasteiger partial charge in [0.1, 0.15) is 5.01 Å². The molecule has 25 heavy (non-hydrogen) atoms. The monoisotopic (exact) mass is 372 g/mol. The molecule has 3 aromatic rings. The number of sulfonamides is 1. The molecule has 0 spiro atoms. The van der Waals surface area contributed by atoms with Gasteiger partial charge in [-0.25, -0.2) is 18.1 Å². The normalized spacial score (nSPS) is 11.6. The molecule has 6 heteroatoms. The van der Waals surface area contributed by atoms with Crippen LogP contribution in [0.25, 0.3) is 10.6 Å². The first-order chi connectivity index (χ1) is 11.9. The number of hydrogen-bond donors (Lipinski definition) is 1. The largest absolute Gasteiger partial charge is 0.241 e. The van der Waals surface area contributed by atoms with Crippen molar-refractivity contribution < 1.29 is 8.42 Å². The lowest BCUT2D eigenvalue weighted by Crippen LogP contribution is -2.24. The zero-order valence-corrected chi connectivity index (χ0v) is 15.8. The molecule has 130 valence electrons. The maximum absolute atomic E-state index is 12.3. The van der Waals surface area contributed by atoms with Crippen LogP contribution in [0.4, 0.5) is 0 Å². The van der Waals surface area contributed by atoms with Crippen molar-refractivity contribution in [3.63, 3.8) is 0 Å². The van der Waals surface area contributed by atoms with Crippen molar-refractivity contribution in [2.75, 3.05) is 0 Å². The summed E-state index contributed by atoms with van der Waals surface area (Å²) in [6.45, 7) is 4.23. The molecule has 0 atom stereocenters. The standard InChI is InChI=1S/C19H20N2O2S2/c1-14-8-6-7-11-17(14)19-21-15(2)18(24-19)12-20-25(22,23)13-16-9-4-3-5-10-16/h3-11,20H,12-13H2,1-2H3. The maximum atomic E-state index is 12.3. The zero-order chi connectivity index (χ0) is 17.9. The van der Waals surface area contributed by atoms with Crippen LogP contribution >= 0.6 is 11.3 Å². The van der Waals surface area contributed by atoms with Gasteiger partial charge in [0, 0.05) is 17.0 Å². The lowest BCUT2D eigenvalue weighted by Gasteiger charge is -2.06. The molecule has 1 N–H and O–H groups in total. The van der Waals surface area contributed by atoms with Gasteiger partial charge < -0.3 is 0 Å². The van der Waals surface area contributed by atoms with Crippen LogP contribution < -0.4 is 4.72 Å². The van der Waals surface area contributed by atoms with Crippen LogP contribution in [0.2, 0.25) is 0 Å². The molecule has 0 aliphatic rings. The predicted molar refractivity (Wildman–Crippen MR) is 103 cm³/mol. The number of benzene rings is 2. The molecule has 0 radical (unpaired) electrons. The lowest BCUT2D eigenvalue weighted by atomic mass is 10.1. The van der Waals surface area contributed by atoms with E-state index in [-0.39, 0.29) is 12.3 Å². The molecule has 0 aliphatic heterocycles. The van der Waals surface area contributed by atoms with Gasteiger partial charge in [-0.1, -0.05) is 54.6 Å². The Balaban J connectivity index is 1.73. The first-order valence-corrected chi connectivity index (χ1v) is 10.4. The fraction of sp³-hybridized carbons (Fsp3) is 0.211. The molecular formula is C19H20N2O2S2. The highest BCUT2D eigenvalue weighted by Crippen LogP contribution is 2.30. The fourth-order valence-electron chi connectivity index (χ4n) is 2.54. The molecule has 0 saturated carbocycles. The van der Waals surface area contributed by atoms with Crippen LogP contribution in [0, 0.1) is 13.8 Å². The highest BCUT2D eigenvalue weighted by atomic mass is 32.2. The molecule has 2 aromatic carbocycles. The summed E-state index contributed by atoms with van der Waals surface area (Å²) >= 11 is 1.54. The molecule has 0 unspecified atom stereocenters. The Morgan fingerprint density at radius 1 is 1.00 bits per heavy atom. The average Bonchev–Trinajstić information content (AvgIpc) is 2.95. The van der Waals surface area contributed by atoms with Gasteiger partial charge in [0.2, 0.25) is 10.0 Å². The third-order valence-electron chi connectivity index (χ3n) is 3.92. The van der Waals surface area contributed by atoms with E-state index in [4.69, 9.17) is 0 Å². The van der Waals surface area contributed by atoms with E-state index in [0.29, 0.717) is 0 Å². The van der Waals surface area contributed by atoms with Crippen LogP contribution in [0.5, 0.6) is 0 Å². The number of nitrogens with zero attached hydrogens (tertiary/aromatic N) is 1. The summed E-state index contributed by atoms with van der Waals surface area (Å²) in [4.78, 5) is 5.55. The molecule has 0 saturated heterocycles. The van der Waals surface area contributed by atoms with E-state index in [1.165, 1.54) is 11.3 Å². The third kappa shape index (κ3) is 4.54. The molecule has 3 rings (SSSR count). The molecular weight excluding hydrogens is 352 g/mol. The van der Waals surface area contributed by atoms with E-state index in [2.05, 4.69) is 9.71 Å². The summed E-state index contributed by atoms with van der Waals surface area (Å²) in [7, 11) is -3.38. The summed E-state index contributed by atoms with van der Waals surface area (Å²) in [5.41, 5.74) is 3.89. The molecule has 0 bridgehead atoms. The molecule has 1 aromatic heterocycles. The average molecular weight is 373 g/mol. The summed E-state index contributed by atoms with van der Waals surface area (Å²) in [5.74, 6) is -0.0175. The van der Waals surface area contributed by atoms with Crippen molar-refractivity contribution in [1.82, 2.24) is 9.71 Å². The summed E-state index contributed by atoms with van der Waals surface area (Å²) in [6.07, 6.45) is 0. The van der Waals surface area contributed by atoms with E-state index in [0.717, 1.165) is 32.3 Å². The van der Waals surface area contributed by atoms with Crippen LogP contribution in [0.1, 0.15) is 21.7 Å². The first-order valence-electron chi connectivity index (χ1n) is 7.98. The predicted octanol–water partition coefficient (Wildman–Crippen LogP) is 4.05. The fourth-order valence-corrected chi connectivity index (χ4v) is 4.82. The third-order valence-corrected chi connectivity index (χ3v) is 6.41. The van der Waals surface area contributed by atoms with Gasteiger partial charge in [0.15, 0.2) is 0 Å². The molecule has 0 aliphatic carbocycles. The van der Waals surface area contributed by atoms with Gasteiger partial charge in [0.25, 0.3) is 0 Å². The Hall–Kier alpha value is -2.02. The van der Waals surface area contributed by atoms with Crippen molar-refractivity contribution in [3.8, 4) is 10.6 Å². The van der Waals surface area contributed by atoms with E-state index in [1.54, 1.807) is 0 Å². The van der Waals surface area contributed by atoms with Crippen molar-refractivity contribution >= 4 is 21.4 Å². The Kier molecular flexibility index (Phi) is 5.32. The van der Waals surface area contributed by atoms with Crippen molar-refractivity contribution in [3.05, 3.63) is 76.3 Å². The van der Waals surface area contributed by atoms with Gasteiger partial charge in [-0.15, -0.1) is 11.3 Å². The number of nitrogens with one attached hydrogen (secondary N) is 1. The van der Waals surface area contributed by atoms with Gasteiger partial charge in [-0.05, 0) is 25.0 Å². The highest BCUT2D eigenvalue weighted by molar-refractivity contribution is 7.88. The Labute approximate surface area is 152 Å². The second kappa shape index (κ2) is 7.47. The topological polar surface area (TPSA) is 59.1 Å². The van der Waals surface area contributed by atoms with Gasteiger partial charge >= 0.3 is 0 Å². The second-order valence-corrected chi connectivity index (χ2v) is 8.80. The minimum Gasteiger partial charge on any atom is -0.241 e. The van der Waals surface area contributed by atoms with E-state index in [1.807, 2.05) is 68.4 Å². The zero-order valence-electron chi connectivity index (χ0n) is 14.2.